The molecule has 0 saturated heterocycles. The number of carbonyl (C=O) groups excluding carboxylic acids is 1. The number of aryl methyl sites for hydroxylation is 1. The summed E-state index contributed by atoms with van der Waals surface area (Å²) in [5.74, 6) is -0.0295. The van der Waals surface area contributed by atoms with Gasteiger partial charge in [0.15, 0.2) is 0 Å². The maximum atomic E-state index is 12.6. The van der Waals surface area contributed by atoms with Crippen molar-refractivity contribution in [2.75, 3.05) is 0 Å². The lowest BCUT2D eigenvalue weighted by molar-refractivity contribution is -0.121. The number of hydrogen-bond donors (Lipinski definition) is 2. The number of sulfonamides is 1. The summed E-state index contributed by atoms with van der Waals surface area (Å²) < 4.78 is 29.0. The highest BCUT2D eigenvalue weighted by Crippen LogP contribution is 2.21. The number of carbonyl (C=O) groups is 1. The molecule has 0 aliphatic heterocycles. The van der Waals surface area contributed by atoms with Crippen LogP contribution in [0.4, 0.5) is 0 Å². The Hall–Kier alpha value is -1.70. The van der Waals surface area contributed by atoms with Crippen LogP contribution in [0.1, 0.15) is 62.6 Å². The minimum absolute atomic E-state index is 0.0295. The number of amides is 1. The molecule has 2 N–H and O–H groups in total. The average Bonchev–Trinajstić information content (AvgIpc) is 2.73. The number of benzene rings is 2. The smallest absolute Gasteiger partial charge is 0.240 e. The van der Waals surface area contributed by atoms with Gasteiger partial charge in [-0.1, -0.05) is 59.5 Å². The summed E-state index contributed by atoms with van der Waals surface area (Å²) >= 11 is 3.45. The Kier molecular flexibility index (Phi) is 8.08. The van der Waals surface area contributed by atoms with Crippen LogP contribution in [-0.4, -0.2) is 20.4 Å². The first kappa shape index (κ1) is 23.0. The molecule has 0 spiro atoms. The predicted octanol–water partition coefficient (Wildman–Crippen LogP) is 4.87. The van der Waals surface area contributed by atoms with Crippen molar-refractivity contribution >= 4 is 31.9 Å². The monoisotopic (exact) mass is 492 g/mol. The fourth-order valence-corrected chi connectivity index (χ4v) is 5.50. The van der Waals surface area contributed by atoms with Gasteiger partial charge >= 0.3 is 0 Å². The van der Waals surface area contributed by atoms with Crippen molar-refractivity contribution in [3.8, 4) is 0 Å². The molecule has 0 aromatic heterocycles. The Morgan fingerprint density at radius 2 is 1.80 bits per heavy atom. The van der Waals surface area contributed by atoms with E-state index in [0.29, 0.717) is 12.8 Å². The fourth-order valence-electron chi connectivity index (χ4n) is 3.77. The normalized spacial score (nSPS) is 16.2. The molecule has 162 valence electrons. The van der Waals surface area contributed by atoms with E-state index in [2.05, 4.69) is 26.0 Å². The van der Waals surface area contributed by atoms with Gasteiger partial charge in [-0.25, -0.2) is 13.1 Å². The first-order chi connectivity index (χ1) is 14.3. The van der Waals surface area contributed by atoms with Gasteiger partial charge in [-0.2, -0.15) is 0 Å². The van der Waals surface area contributed by atoms with Gasteiger partial charge in [0.1, 0.15) is 0 Å². The van der Waals surface area contributed by atoms with Crippen LogP contribution in [0, 0.1) is 0 Å². The van der Waals surface area contributed by atoms with Crippen molar-refractivity contribution in [3.63, 3.8) is 0 Å². The summed E-state index contributed by atoms with van der Waals surface area (Å²) in [7, 11) is -3.49. The van der Waals surface area contributed by atoms with Crippen LogP contribution < -0.4 is 10.0 Å². The van der Waals surface area contributed by atoms with E-state index < -0.39 is 10.0 Å². The maximum Gasteiger partial charge on any atom is 0.240 e. The highest BCUT2D eigenvalue weighted by Gasteiger charge is 2.21. The topological polar surface area (TPSA) is 75.3 Å². The zero-order chi connectivity index (χ0) is 21.6. The van der Waals surface area contributed by atoms with E-state index in [1.165, 1.54) is 6.42 Å². The number of rotatable bonds is 8. The van der Waals surface area contributed by atoms with Crippen LogP contribution in [0.25, 0.3) is 0 Å². The predicted molar refractivity (Wildman–Crippen MR) is 123 cm³/mol. The van der Waals surface area contributed by atoms with Crippen LogP contribution in [0.2, 0.25) is 0 Å². The molecule has 5 nitrogen and oxygen atoms in total. The zero-order valence-corrected chi connectivity index (χ0v) is 19.6. The van der Waals surface area contributed by atoms with Crippen molar-refractivity contribution < 1.29 is 13.2 Å². The molecule has 1 aliphatic carbocycles. The number of halogens is 1. The molecule has 0 unspecified atom stereocenters. The third kappa shape index (κ3) is 6.65. The molecule has 30 heavy (non-hydrogen) atoms. The third-order valence-electron chi connectivity index (χ3n) is 5.53. The van der Waals surface area contributed by atoms with Gasteiger partial charge < -0.3 is 5.32 Å². The Bertz CT molecular complexity index is 955. The molecule has 1 saturated carbocycles. The molecule has 0 bridgehead atoms. The van der Waals surface area contributed by atoms with E-state index in [0.717, 1.165) is 41.3 Å². The van der Waals surface area contributed by atoms with Gasteiger partial charge in [-0.05, 0) is 61.6 Å². The van der Waals surface area contributed by atoms with Gasteiger partial charge in [0.25, 0.3) is 0 Å². The van der Waals surface area contributed by atoms with Gasteiger partial charge in [-0.15, -0.1) is 0 Å². The minimum atomic E-state index is -3.49. The lowest BCUT2D eigenvalue weighted by Gasteiger charge is -2.22. The van der Waals surface area contributed by atoms with E-state index in [4.69, 9.17) is 0 Å². The van der Waals surface area contributed by atoms with Crippen LogP contribution in [0.3, 0.4) is 0 Å². The highest BCUT2D eigenvalue weighted by atomic mass is 79.9. The summed E-state index contributed by atoms with van der Waals surface area (Å²) in [6.07, 6.45) is 6.07. The largest absolute Gasteiger partial charge is 0.350 e. The lowest BCUT2D eigenvalue weighted by Crippen LogP contribution is -2.36. The van der Waals surface area contributed by atoms with Gasteiger partial charge in [0, 0.05) is 16.9 Å². The van der Waals surface area contributed by atoms with E-state index in [1.54, 1.807) is 24.3 Å². The standard InChI is InChI=1S/C23H29BrN2O3S/c1-17(19-6-5-7-20(24)16-19)25-23(27)15-12-18-10-13-22(14-11-18)30(28,29)26-21-8-3-2-4-9-21/h5-7,10-11,13-14,16-17,21,26H,2-4,8-9,12,15H2,1H3,(H,25,27)/t17-/m1/s1. The van der Waals surface area contributed by atoms with Crippen molar-refractivity contribution in [2.45, 2.75) is 68.8 Å². The molecule has 3 rings (SSSR count). The first-order valence-corrected chi connectivity index (χ1v) is 12.8. The molecular formula is C23H29BrN2O3S. The van der Waals surface area contributed by atoms with Crippen LogP contribution in [0.15, 0.2) is 57.9 Å². The Morgan fingerprint density at radius 3 is 2.47 bits per heavy atom. The Balaban J connectivity index is 1.50. The van der Waals surface area contributed by atoms with Crippen molar-refractivity contribution in [3.05, 3.63) is 64.1 Å². The van der Waals surface area contributed by atoms with Crippen LogP contribution >= 0.6 is 15.9 Å². The first-order valence-electron chi connectivity index (χ1n) is 10.5. The SMILES string of the molecule is C[C@@H](NC(=O)CCc1ccc(S(=O)(=O)NC2CCCCC2)cc1)c1cccc(Br)c1. The molecule has 2 aromatic rings. The minimum Gasteiger partial charge on any atom is -0.350 e. The van der Waals surface area contributed by atoms with Crippen molar-refractivity contribution in [2.24, 2.45) is 0 Å². The summed E-state index contributed by atoms with van der Waals surface area (Å²) in [4.78, 5) is 12.6. The molecule has 7 heteroatoms. The molecule has 0 radical (unpaired) electrons. The van der Waals surface area contributed by atoms with E-state index in [1.807, 2.05) is 31.2 Å². The van der Waals surface area contributed by atoms with Crippen LogP contribution in [0.5, 0.6) is 0 Å². The van der Waals surface area contributed by atoms with Gasteiger partial charge in [0.05, 0.1) is 10.9 Å². The third-order valence-corrected chi connectivity index (χ3v) is 7.56. The number of nitrogens with one attached hydrogen (secondary N) is 2. The molecule has 0 heterocycles. The van der Waals surface area contributed by atoms with E-state index in [-0.39, 0.29) is 22.9 Å². The Morgan fingerprint density at radius 1 is 1.10 bits per heavy atom. The molecule has 1 fully saturated rings. The second kappa shape index (κ2) is 10.6. The van der Waals surface area contributed by atoms with E-state index >= 15 is 0 Å². The fraction of sp³-hybridized carbons (Fsp3) is 0.435. The average molecular weight is 493 g/mol. The summed E-state index contributed by atoms with van der Waals surface area (Å²) in [6.45, 7) is 1.96. The summed E-state index contributed by atoms with van der Waals surface area (Å²) in [5.41, 5.74) is 1.98. The summed E-state index contributed by atoms with van der Waals surface area (Å²) in [5, 5.41) is 3.01. The highest BCUT2D eigenvalue weighted by molar-refractivity contribution is 9.10. The van der Waals surface area contributed by atoms with Gasteiger partial charge in [0.2, 0.25) is 15.9 Å². The maximum absolute atomic E-state index is 12.6. The molecule has 2 aromatic carbocycles. The second-order valence-electron chi connectivity index (χ2n) is 7.94. The van der Waals surface area contributed by atoms with Crippen LogP contribution in [-0.2, 0) is 21.2 Å². The quantitative estimate of drug-likeness (QED) is 0.551. The zero-order valence-electron chi connectivity index (χ0n) is 17.2. The number of hydrogen-bond acceptors (Lipinski definition) is 3. The van der Waals surface area contributed by atoms with Crippen molar-refractivity contribution in [1.29, 1.82) is 0 Å². The second-order valence-corrected chi connectivity index (χ2v) is 10.6. The van der Waals surface area contributed by atoms with Gasteiger partial charge in [-0.3, -0.25) is 4.79 Å². The lowest BCUT2D eigenvalue weighted by atomic mass is 9.96. The molecular weight excluding hydrogens is 464 g/mol. The molecule has 1 amide bonds. The molecule has 1 aliphatic rings. The Labute approximate surface area is 187 Å². The van der Waals surface area contributed by atoms with E-state index in [9.17, 15) is 13.2 Å². The van der Waals surface area contributed by atoms with Crippen molar-refractivity contribution in [1.82, 2.24) is 10.0 Å². The molecule has 1 atom stereocenters. The summed E-state index contributed by atoms with van der Waals surface area (Å²) in [6, 6.07) is 14.7.